The van der Waals surface area contributed by atoms with Gasteiger partial charge in [0.25, 0.3) is 0 Å². The number of hydrogen-bond acceptors (Lipinski definition) is 3. The van der Waals surface area contributed by atoms with Gasteiger partial charge >= 0.3 is 0 Å². The van der Waals surface area contributed by atoms with Gasteiger partial charge in [-0.2, -0.15) is 0 Å². The van der Waals surface area contributed by atoms with Crippen LogP contribution in [-0.4, -0.2) is 21.9 Å². The van der Waals surface area contributed by atoms with Gasteiger partial charge in [-0.05, 0) is 13.8 Å². The quantitative estimate of drug-likeness (QED) is 0.525. The van der Waals surface area contributed by atoms with Gasteiger partial charge in [0, 0.05) is 12.6 Å². The number of thiocarbonyl (C=S) groups is 2. The van der Waals surface area contributed by atoms with Crippen molar-refractivity contribution in [1.29, 1.82) is 0 Å². The minimum atomic E-state index is 0.272. The second-order valence-corrected chi connectivity index (χ2v) is 3.96. The number of rotatable bonds is 3. The minimum Gasteiger partial charge on any atom is -0.412 e. The first-order valence-corrected chi connectivity index (χ1v) is 4.46. The molecule has 0 aromatic heterocycles. The number of nitrogens with one attached hydrogen (secondary N) is 2. The smallest absolute Gasteiger partial charge is 0.0724 e. The van der Waals surface area contributed by atoms with Crippen LogP contribution in [0.4, 0.5) is 0 Å². The van der Waals surface area contributed by atoms with E-state index in [1.807, 2.05) is 13.8 Å². The third-order valence-electron chi connectivity index (χ3n) is 1.00. The molecule has 0 aliphatic heterocycles. The lowest BCUT2D eigenvalue weighted by atomic mass is 10.3. The van der Waals surface area contributed by atoms with Gasteiger partial charge in [0.1, 0.15) is 0 Å². The second-order valence-electron chi connectivity index (χ2n) is 2.27. The molecule has 0 bridgehead atoms. The first kappa shape index (κ1) is 11.0. The Bertz CT molecular complexity index is 158. The van der Waals surface area contributed by atoms with E-state index in [1.165, 1.54) is 0 Å². The van der Waals surface area contributed by atoms with E-state index >= 15 is 0 Å². The van der Waals surface area contributed by atoms with Gasteiger partial charge in [0.15, 0.2) is 0 Å². The Morgan fingerprint density at radius 2 is 2.09 bits per heavy atom. The Hall–Kier alpha value is -0.0000000000000000555. The molecule has 0 saturated carbocycles. The predicted octanol–water partition coefficient (Wildman–Crippen LogP) is 0.733. The summed E-state index contributed by atoms with van der Waals surface area (Å²) in [6.45, 7) is 4.57. The van der Waals surface area contributed by atoms with E-state index in [1.54, 1.807) is 0 Å². The summed E-state index contributed by atoms with van der Waals surface area (Å²) in [5, 5.41) is 5.94. The lowest BCUT2D eigenvalue weighted by Crippen LogP contribution is -2.39. The van der Waals surface area contributed by atoms with E-state index in [0.29, 0.717) is 4.32 Å². The summed E-state index contributed by atoms with van der Waals surface area (Å²) in [6, 6.07) is 0.272. The van der Waals surface area contributed by atoms with Gasteiger partial charge in [-0.25, -0.2) is 0 Å². The van der Waals surface area contributed by atoms with Crippen LogP contribution >= 0.6 is 24.4 Å². The highest BCUT2D eigenvalue weighted by atomic mass is 32.1. The summed E-state index contributed by atoms with van der Waals surface area (Å²) in [4.78, 5) is 0.787. The lowest BCUT2D eigenvalue weighted by Gasteiger charge is -2.17. The molecule has 1 unspecified atom stereocenters. The first-order chi connectivity index (χ1) is 5.02. The average Bonchev–Trinajstić information content (AvgIpc) is 1.82. The molecular formula is C6H11N2S3-. The highest BCUT2D eigenvalue weighted by molar-refractivity contribution is 8.00. The first-order valence-electron chi connectivity index (χ1n) is 3.24. The van der Waals surface area contributed by atoms with Gasteiger partial charge in [-0.3, -0.25) is 0 Å². The molecule has 0 fully saturated rings. The molecule has 0 radical (unpaired) electrons. The molecule has 0 saturated heterocycles. The van der Waals surface area contributed by atoms with Crippen LogP contribution in [0.3, 0.4) is 0 Å². The van der Waals surface area contributed by atoms with E-state index in [9.17, 15) is 0 Å². The molecule has 0 aliphatic carbocycles. The van der Waals surface area contributed by atoms with Crippen LogP contribution in [0.1, 0.15) is 13.8 Å². The van der Waals surface area contributed by atoms with Crippen LogP contribution < -0.4 is 10.6 Å². The Morgan fingerprint density at radius 3 is 2.45 bits per heavy atom. The highest BCUT2D eigenvalue weighted by Gasteiger charge is 1.97. The summed E-state index contributed by atoms with van der Waals surface area (Å²) >= 11 is 14.2. The standard InChI is InChI=1S/C6H12N2S3/c1-4(8-5(2)9)3-7-6(10)11/h4H,3H2,1-2H3,(H,8,9)(H2,7,10,11)/p-1. The summed E-state index contributed by atoms with van der Waals surface area (Å²) in [7, 11) is 0. The second kappa shape index (κ2) is 5.62. The van der Waals surface area contributed by atoms with Gasteiger partial charge < -0.3 is 35.5 Å². The van der Waals surface area contributed by atoms with Crippen LogP contribution in [-0.2, 0) is 12.6 Å². The van der Waals surface area contributed by atoms with Crippen molar-refractivity contribution in [3.8, 4) is 0 Å². The van der Waals surface area contributed by atoms with Gasteiger partial charge in [0.05, 0.1) is 4.99 Å². The molecule has 2 N–H and O–H groups in total. The van der Waals surface area contributed by atoms with Crippen LogP contribution in [0, 0.1) is 0 Å². The zero-order chi connectivity index (χ0) is 8.85. The fourth-order valence-corrected chi connectivity index (χ4v) is 1.00. The van der Waals surface area contributed by atoms with Gasteiger partial charge in [0.2, 0.25) is 0 Å². The van der Waals surface area contributed by atoms with Gasteiger partial charge in [-0.15, -0.1) is 0 Å². The third kappa shape index (κ3) is 7.90. The highest BCUT2D eigenvalue weighted by Crippen LogP contribution is 1.80. The third-order valence-corrected chi connectivity index (χ3v) is 1.41. The fourth-order valence-electron chi connectivity index (χ4n) is 0.634. The lowest BCUT2D eigenvalue weighted by molar-refractivity contribution is 0.647. The van der Waals surface area contributed by atoms with Crippen molar-refractivity contribution in [2.45, 2.75) is 19.9 Å². The maximum Gasteiger partial charge on any atom is 0.0724 e. The summed E-state index contributed by atoms with van der Waals surface area (Å²) < 4.78 is 0.403. The SMILES string of the molecule is CC(=S)NC(C)CNC(=S)[S-]. The van der Waals surface area contributed by atoms with Crippen molar-refractivity contribution >= 4 is 46.4 Å². The van der Waals surface area contributed by atoms with E-state index in [-0.39, 0.29) is 6.04 Å². The van der Waals surface area contributed by atoms with Crippen LogP contribution in [0.25, 0.3) is 0 Å². The molecule has 5 heteroatoms. The molecule has 0 amide bonds. The maximum absolute atomic E-state index is 4.85. The maximum atomic E-state index is 4.85. The summed E-state index contributed by atoms with van der Waals surface area (Å²) in [5.41, 5.74) is 0. The molecule has 0 aliphatic rings. The molecule has 2 nitrogen and oxygen atoms in total. The summed E-state index contributed by atoms with van der Waals surface area (Å²) in [6.07, 6.45) is 0. The molecule has 0 spiro atoms. The van der Waals surface area contributed by atoms with Crippen LogP contribution in [0.2, 0.25) is 0 Å². The molecule has 11 heavy (non-hydrogen) atoms. The minimum absolute atomic E-state index is 0.272. The molecule has 1 atom stereocenters. The van der Waals surface area contributed by atoms with Crippen molar-refractivity contribution in [3.05, 3.63) is 0 Å². The predicted molar refractivity (Wildman–Crippen MR) is 58.8 cm³/mol. The van der Waals surface area contributed by atoms with Crippen molar-refractivity contribution in [3.63, 3.8) is 0 Å². The van der Waals surface area contributed by atoms with Crippen molar-refractivity contribution in [2.24, 2.45) is 0 Å². The Morgan fingerprint density at radius 1 is 1.55 bits per heavy atom. The summed E-state index contributed by atoms with van der Waals surface area (Å²) in [5.74, 6) is 0. The van der Waals surface area contributed by atoms with Crippen LogP contribution in [0.5, 0.6) is 0 Å². The van der Waals surface area contributed by atoms with Crippen molar-refractivity contribution < 1.29 is 0 Å². The molecule has 0 rings (SSSR count). The number of hydrogen-bond donors (Lipinski definition) is 2. The largest absolute Gasteiger partial charge is 0.412 e. The van der Waals surface area contributed by atoms with E-state index < -0.39 is 0 Å². The van der Waals surface area contributed by atoms with Crippen LogP contribution in [0.15, 0.2) is 0 Å². The van der Waals surface area contributed by atoms with E-state index in [4.69, 9.17) is 12.2 Å². The zero-order valence-electron chi connectivity index (χ0n) is 6.51. The van der Waals surface area contributed by atoms with Gasteiger partial charge in [-0.1, -0.05) is 16.5 Å². The molecule has 0 aromatic carbocycles. The topological polar surface area (TPSA) is 24.1 Å². The Kier molecular flexibility index (Phi) is 5.62. The monoisotopic (exact) mass is 207 g/mol. The molecule has 0 heterocycles. The molecule has 64 valence electrons. The van der Waals surface area contributed by atoms with E-state index in [0.717, 1.165) is 11.5 Å². The zero-order valence-corrected chi connectivity index (χ0v) is 8.96. The molecular weight excluding hydrogens is 196 g/mol. The Labute approximate surface area is 83.5 Å². The van der Waals surface area contributed by atoms with Crippen molar-refractivity contribution in [2.75, 3.05) is 6.54 Å². The average molecular weight is 207 g/mol. The van der Waals surface area contributed by atoms with E-state index in [2.05, 4.69) is 35.5 Å². The molecule has 0 aromatic rings. The normalized spacial score (nSPS) is 11.8. The fraction of sp³-hybridized carbons (Fsp3) is 0.667. The van der Waals surface area contributed by atoms with Crippen molar-refractivity contribution in [1.82, 2.24) is 10.6 Å². The Balaban J connectivity index is 3.44.